The molecular formula is C11H11Cl3FN3O2. The topological polar surface area (TPSA) is 84.2 Å². The van der Waals surface area contributed by atoms with Crippen LogP contribution in [0.15, 0.2) is 18.2 Å². The van der Waals surface area contributed by atoms with Crippen LogP contribution in [0.25, 0.3) is 0 Å². The van der Waals surface area contributed by atoms with Crippen LogP contribution < -0.4 is 16.4 Å². The van der Waals surface area contributed by atoms with Gasteiger partial charge in [-0.3, -0.25) is 9.59 Å². The Kier molecular flexibility index (Phi) is 6.01. The molecule has 9 heteroatoms. The van der Waals surface area contributed by atoms with Gasteiger partial charge in [0.1, 0.15) is 5.82 Å². The number of rotatable bonds is 4. The first-order valence-electron chi connectivity index (χ1n) is 5.41. The van der Waals surface area contributed by atoms with Crippen molar-refractivity contribution < 1.29 is 14.0 Å². The maximum absolute atomic E-state index is 13.2. The third kappa shape index (κ3) is 5.13. The van der Waals surface area contributed by atoms with Crippen LogP contribution in [0.5, 0.6) is 0 Å². The van der Waals surface area contributed by atoms with E-state index in [0.717, 1.165) is 12.1 Å². The molecule has 1 aromatic rings. The number of carbonyl (C=O) groups excluding carboxylic acids is 2. The van der Waals surface area contributed by atoms with Gasteiger partial charge in [0.15, 0.2) is 0 Å². The first-order valence-corrected chi connectivity index (χ1v) is 6.55. The molecule has 1 rings (SSSR count). The molecule has 0 radical (unpaired) electrons. The summed E-state index contributed by atoms with van der Waals surface area (Å²) in [5.41, 5.74) is 5.38. The molecule has 4 N–H and O–H groups in total. The molecule has 0 atom stereocenters. The van der Waals surface area contributed by atoms with E-state index in [4.69, 9.17) is 40.5 Å². The van der Waals surface area contributed by atoms with E-state index < -0.39 is 21.4 Å². The van der Waals surface area contributed by atoms with Gasteiger partial charge >= 0.3 is 0 Å². The maximum atomic E-state index is 13.2. The van der Waals surface area contributed by atoms with Gasteiger partial charge in [-0.2, -0.15) is 0 Å². The molecule has 20 heavy (non-hydrogen) atoms. The van der Waals surface area contributed by atoms with Crippen LogP contribution in [0.4, 0.5) is 15.8 Å². The van der Waals surface area contributed by atoms with Crippen LogP contribution in [-0.2, 0) is 9.59 Å². The molecule has 1 aromatic carbocycles. The lowest BCUT2D eigenvalue weighted by Crippen LogP contribution is -2.27. The summed E-state index contributed by atoms with van der Waals surface area (Å²) in [5.74, 6) is -1.95. The summed E-state index contributed by atoms with van der Waals surface area (Å²) >= 11 is 16.2. The number of nitrogens with two attached hydrogens (primary N) is 1. The van der Waals surface area contributed by atoms with Crippen molar-refractivity contribution in [1.29, 1.82) is 0 Å². The first-order chi connectivity index (χ1) is 9.24. The molecule has 0 saturated heterocycles. The fourth-order valence-corrected chi connectivity index (χ4v) is 1.41. The van der Waals surface area contributed by atoms with Crippen molar-refractivity contribution >= 4 is 58.0 Å². The molecule has 0 aliphatic heterocycles. The average molecular weight is 343 g/mol. The van der Waals surface area contributed by atoms with Crippen LogP contribution in [0.1, 0.15) is 6.42 Å². The minimum atomic E-state index is -2.17. The Labute approximate surface area is 129 Å². The number of nitrogens with one attached hydrogen (secondary N) is 2. The smallest absolute Gasteiger partial charge is 0.276 e. The normalized spacial score (nSPS) is 11.1. The molecule has 0 unspecified atom stereocenters. The van der Waals surface area contributed by atoms with E-state index in [9.17, 15) is 14.0 Å². The molecule has 0 bridgehead atoms. The molecule has 0 aromatic heterocycles. The van der Waals surface area contributed by atoms with Crippen LogP contribution in [0.3, 0.4) is 0 Å². The summed E-state index contributed by atoms with van der Waals surface area (Å²) in [7, 11) is 0. The lowest BCUT2D eigenvalue weighted by atomic mass is 10.2. The lowest BCUT2D eigenvalue weighted by Gasteiger charge is -2.15. The van der Waals surface area contributed by atoms with Crippen LogP contribution in [0, 0.1) is 5.82 Å². The fourth-order valence-electron chi connectivity index (χ4n) is 1.27. The number of hydrogen-bond donors (Lipinski definition) is 3. The van der Waals surface area contributed by atoms with Gasteiger partial charge in [-0.15, -0.1) is 0 Å². The monoisotopic (exact) mass is 341 g/mol. The van der Waals surface area contributed by atoms with Gasteiger partial charge < -0.3 is 16.4 Å². The van der Waals surface area contributed by atoms with Crippen LogP contribution in [0.2, 0.25) is 0 Å². The number of alkyl halides is 3. The van der Waals surface area contributed by atoms with Gasteiger partial charge in [0, 0.05) is 13.0 Å². The summed E-state index contributed by atoms with van der Waals surface area (Å²) in [6.45, 7) is 0.136. The predicted octanol–water partition coefficient (Wildman–Crippen LogP) is 2.42. The van der Waals surface area contributed by atoms with Gasteiger partial charge in [0.2, 0.25) is 5.91 Å². The Morgan fingerprint density at radius 2 is 1.85 bits per heavy atom. The number of halogens is 4. The van der Waals surface area contributed by atoms with Crippen molar-refractivity contribution in [3.63, 3.8) is 0 Å². The molecule has 5 nitrogen and oxygen atoms in total. The number of amides is 2. The molecular weight excluding hydrogens is 331 g/mol. The Morgan fingerprint density at radius 1 is 1.20 bits per heavy atom. The second-order valence-electron chi connectivity index (χ2n) is 3.73. The zero-order chi connectivity index (χ0) is 15.3. The minimum absolute atomic E-state index is 0.0473. The van der Waals surface area contributed by atoms with Crippen molar-refractivity contribution in [2.75, 3.05) is 17.2 Å². The third-order valence-electron chi connectivity index (χ3n) is 2.13. The maximum Gasteiger partial charge on any atom is 0.276 e. The van der Waals surface area contributed by atoms with Crippen molar-refractivity contribution in [2.45, 2.75) is 10.2 Å². The lowest BCUT2D eigenvalue weighted by molar-refractivity contribution is -0.116. The Balaban J connectivity index is 2.96. The van der Waals surface area contributed by atoms with E-state index in [0.29, 0.717) is 0 Å². The quantitative estimate of drug-likeness (QED) is 0.735. The van der Waals surface area contributed by atoms with E-state index in [1.54, 1.807) is 0 Å². The zero-order valence-electron chi connectivity index (χ0n) is 10.1. The van der Waals surface area contributed by atoms with Crippen molar-refractivity contribution in [3.05, 3.63) is 24.0 Å². The number of carbonyl (C=O) groups is 2. The highest BCUT2D eigenvalue weighted by atomic mass is 35.6. The summed E-state index contributed by atoms with van der Waals surface area (Å²) in [6, 6.07) is 3.36. The van der Waals surface area contributed by atoms with Crippen molar-refractivity contribution in [1.82, 2.24) is 0 Å². The molecule has 0 aliphatic carbocycles. The Morgan fingerprint density at radius 3 is 2.40 bits per heavy atom. The molecule has 2 amide bonds. The molecule has 110 valence electrons. The fraction of sp³-hybridized carbons (Fsp3) is 0.273. The van der Waals surface area contributed by atoms with Gasteiger partial charge in [-0.05, 0) is 18.2 Å². The Hall–Kier alpha value is -1.08. The van der Waals surface area contributed by atoms with Gasteiger partial charge in [0.25, 0.3) is 9.70 Å². The van der Waals surface area contributed by atoms with Gasteiger partial charge in [0.05, 0.1) is 11.4 Å². The predicted molar refractivity (Wildman–Crippen MR) is 77.6 cm³/mol. The van der Waals surface area contributed by atoms with Crippen LogP contribution in [-0.4, -0.2) is 22.2 Å². The highest BCUT2D eigenvalue weighted by Crippen LogP contribution is 2.30. The highest BCUT2D eigenvalue weighted by Gasteiger charge is 2.31. The Bertz CT molecular complexity index is 520. The summed E-state index contributed by atoms with van der Waals surface area (Å²) in [4.78, 5) is 23.0. The third-order valence-corrected chi connectivity index (χ3v) is 2.65. The molecule has 0 fully saturated rings. The largest absolute Gasteiger partial charge is 0.330 e. The van der Waals surface area contributed by atoms with E-state index >= 15 is 0 Å². The van der Waals surface area contributed by atoms with E-state index in [2.05, 4.69) is 10.6 Å². The standard InChI is InChI=1S/C11H11Cl3FN3O2/c12-11(13,14)10(20)18-7-2-1-6(15)5-8(7)17-9(19)3-4-16/h1-2,5H,3-4,16H2,(H,17,19)(H,18,20). The van der Waals surface area contributed by atoms with Crippen LogP contribution >= 0.6 is 34.8 Å². The minimum Gasteiger partial charge on any atom is -0.330 e. The number of anilines is 2. The molecule has 0 spiro atoms. The second kappa shape index (κ2) is 7.08. The molecule has 0 aliphatic rings. The average Bonchev–Trinajstić information content (AvgIpc) is 2.31. The highest BCUT2D eigenvalue weighted by molar-refractivity contribution is 6.76. The SMILES string of the molecule is NCCC(=O)Nc1cc(F)ccc1NC(=O)C(Cl)(Cl)Cl. The number of hydrogen-bond acceptors (Lipinski definition) is 3. The first kappa shape index (κ1) is 17.0. The van der Waals surface area contributed by atoms with Gasteiger partial charge in [-0.1, -0.05) is 34.8 Å². The molecule has 0 saturated carbocycles. The van der Waals surface area contributed by atoms with Crippen molar-refractivity contribution in [3.8, 4) is 0 Å². The van der Waals surface area contributed by atoms with E-state index in [-0.39, 0.29) is 24.3 Å². The summed E-state index contributed by atoms with van der Waals surface area (Å²) in [6.07, 6.45) is 0.0500. The van der Waals surface area contributed by atoms with E-state index in [1.807, 2.05) is 0 Å². The van der Waals surface area contributed by atoms with Gasteiger partial charge in [-0.25, -0.2) is 4.39 Å². The summed E-state index contributed by atoms with van der Waals surface area (Å²) < 4.78 is 11.0. The second-order valence-corrected chi connectivity index (χ2v) is 6.01. The molecule has 0 heterocycles. The van der Waals surface area contributed by atoms with E-state index in [1.165, 1.54) is 6.07 Å². The summed E-state index contributed by atoms with van der Waals surface area (Å²) in [5, 5.41) is 4.68. The zero-order valence-corrected chi connectivity index (χ0v) is 12.3. The number of benzene rings is 1. The van der Waals surface area contributed by atoms with Crippen molar-refractivity contribution in [2.24, 2.45) is 5.73 Å².